The lowest BCUT2D eigenvalue weighted by atomic mass is 9.63. The molecule has 6 nitrogen and oxygen atoms in total. The van der Waals surface area contributed by atoms with Crippen LogP contribution in [0.2, 0.25) is 5.02 Å². The van der Waals surface area contributed by atoms with Crippen LogP contribution in [0.15, 0.2) is 30.4 Å². The predicted molar refractivity (Wildman–Crippen MR) is 103 cm³/mol. The highest BCUT2D eigenvalue weighted by Gasteiger charge is 2.66. The molecule has 146 valence electrons. The van der Waals surface area contributed by atoms with Crippen LogP contribution < -0.4 is 10.1 Å². The maximum absolute atomic E-state index is 12.9. The van der Waals surface area contributed by atoms with E-state index in [9.17, 15) is 14.4 Å². The molecule has 2 saturated carbocycles. The van der Waals surface area contributed by atoms with Crippen molar-refractivity contribution < 1.29 is 19.1 Å². The number of hydrogen-bond acceptors (Lipinski definition) is 4. The zero-order valence-electron chi connectivity index (χ0n) is 15.4. The van der Waals surface area contributed by atoms with Crippen molar-refractivity contribution in [3.8, 4) is 5.75 Å². The largest absolute Gasteiger partial charge is 0.495 e. The number of carbonyl (C=O) groups is 3. The van der Waals surface area contributed by atoms with Crippen molar-refractivity contribution >= 4 is 35.0 Å². The second kappa shape index (κ2) is 6.34. The molecule has 7 heteroatoms. The number of nitrogens with one attached hydrogen (secondary N) is 1. The van der Waals surface area contributed by atoms with E-state index in [1.54, 1.807) is 18.2 Å². The number of rotatable bonds is 5. The molecule has 0 spiro atoms. The molecule has 4 aliphatic carbocycles. The van der Waals surface area contributed by atoms with E-state index < -0.39 is 0 Å². The Bertz CT molecular complexity index is 878. The first-order chi connectivity index (χ1) is 13.5. The topological polar surface area (TPSA) is 75.7 Å². The summed E-state index contributed by atoms with van der Waals surface area (Å²) in [5, 5.41) is 3.23. The molecule has 1 saturated heterocycles. The van der Waals surface area contributed by atoms with Crippen LogP contribution in [0.1, 0.15) is 12.8 Å². The van der Waals surface area contributed by atoms with E-state index in [4.69, 9.17) is 16.3 Å². The highest BCUT2D eigenvalue weighted by molar-refractivity contribution is 6.31. The summed E-state index contributed by atoms with van der Waals surface area (Å²) in [5.41, 5.74) is 0.468. The molecule has 0 aromatic heterocycles. The Morgan fingerprint density at radius 1 is 1.18 bits per heavy atom. The van der Waals surface area contributed by atoms with Gasteiger partial charge in [0.2, 0.25) is 17.7 Å². The number of hydrogen-bond donors (Lipinski definition) is 1. The number of halogens is 1. The first kappa shape index (κ1) is 17.7. The van der Waals surface area contributed by atoms with E-state index in [0.717, 1.165) is 6.42 Å². The Morgan fingerprint density at radius 3 is 2.43 bits per heavy atom. The number of allylic oxidation sites excluding steroid dienone is 2. The number of amides is 3. The molecule has 1 heterocycles. The van der Waals surface area contributed by atoms with Gasteiger partial charge >= 0.3 is 0 Å². The molecule has 6 rings (SSSR count). The Morgan fingerprint density at radius 2 is 1.82 bits per heavy atom. The minimum atomic E-state index is -0.292. The smallest absolute Gasteiger partial charge is 0.233 e. The third kappa shape index (κ3) is 2.58. The Labute approximate surface area is 167 Å². The van der Waals surface area contributed by atoms with E-state index in [1.807, 2.05) is 0 Å². The number of benzene rings is 1. The Kier molecular flexibility index (Phi) is 4.02. The number of imide groups is 1. The summed E-state index contributed by atoms with van der Waals surface area (Å²) in [7, 11) is 1.51. The van der Waals surface area contributed by atoms with E-state index >= 15 is 0 Å². The first-order valence-corrected chi connectivity index (χ1v) is 10.0. The van der Waals surface area contributed by atoms with Gasteiger partial charge in [-0.3, -0.25) is 19.3 Å². The van der Waals surface area contributed by atoms with Gasteiger partial charge in [-0.25, -0.2) is 0 Å². The van der Waals surface area contributed by atoms with Crippen LogP contribution in [0.4, 0.5) is 5.69 Å². The second-order valence-corrected chi connectivity index (χ2v) is 8.56. The molecule has 1 aliphatic heterocycles. The maximum Gasteiger partial charge on any atom is 0.233 e. The third-order valence-corrected chi connectivity index (χ3v) is 6.99. The van der Waals surface area contributed by atoms with E-state index in [-0.39, 0.29) is 54.4 Å². The molecule has 5 aliphatic rings. The standard InChI is InChI=1S/C21H21ClN2O4/c1-28-16-5-2-10(22)8-15(16)23-17(25)6-7-24-20(26)18-11-3-4-12(14-9-13(11)14)19(18)21(24)27/h2-5,8,11-14,18-19H,6-7,9H2,1H3,(H,23,25)/t11-,12+,13-,14-,18-,19+/m0/s1. The molecule has 28 heavy (non-hydrogen) atoms. The highest BCUT2D eigenvalue weighted by Crippen LogP contribution is 2.65. The maximum atomic E-state index is 12.9. The zero-order valence-corrected chi connectivity index (χ0v) is 16.2. The van der Waals surface area contributed by atoms with Crippen molar-refractivity contribution in [3.05, 3.63) is 35.4 Å². The fourth-order valence-electron chi connectivity index (χ4n) is 5.44. The van der Waals surface area contributed by atoms with Gasteiger partial charge in [0.25, 0.3) is 0 Å². The lowest BCUT2D eigenvalue weighted by molar-refractivity contribution is -0.140. The van der Waals surface area contributed by atoms with Gasteiger partial charge in [-0.05, 0) is 48.3 Å². The average molecular weight is 401 g/mol. The average Bonchev–Trinajstić information content (AvgIpc) is 3.46. The Balaban J connectivity index is 1.25. The van der Waals surface area contributed by atoms with Crippen LogP contribution in [0.3, 0.4) is 0 Å². The summed E-state index contributed by atoms with van der Waals surface area (Å²) in [6.07, 6.45) is 5.47. The number of carbonyl (C=O) groups excluding carboxylic acids is 3. The monoisotopic (exact) mass is 400 g/mol. The zero-order chi connectivity index (χ0) is 19.6. The molecule has 3 fully saturated rings. The second-order valence-electron chi connectivity index (χ2n) is 8.13. The normalized spacial score (nSPS) is 34.3. The van der Waals surface area contributed by atoms with Gasteiger partial charge in [0.05, 0.1) is 24.6 Å². The summed E-state index contributed by atoms with van der Waals surface area (Å²) >= 11 is 5.98. The van der Waals surface area contributed by atoms with Crippen molar-refractivity contribution in [1.82, 2.24) is 4.90 Å². The molecular weight excluding hydrogens is 380 g/mol. The molecule has 0 unspecified atom stereocenters. The number of anilines is 1. The van der Waals surface area contributed by atoms with Gasteiger partial charge in [0, 0.05) is 18.0 Å². The molecular formula is C21H21ClN2O4. The van der Waals surface area contributed by atoms with E-state index in [1.165, 1.54) is 12.0 Å². The fourth-order valence-corrected chi connectivity index (χ4v) is 5.62. The quantitative estimate of drug-likeness (QED) is 0.609. The van der Waals surface area contributed by atoms with Crippen LogP contribution in [-0.2, 0) is 14.4 Å². The van der Waals surface area contributed by atoms with Crippen LogP contribution in [0, 0.1) is 35.5 Å². The summed E-state index contributed by atoms with van der Waals surface area (Å²) < 4.78 is 5.22. The van der Waals surface area contributed by atoms with Gasteiger partial charge in [0.15, 0.2) is 0 Å². The number of nitrogens with zero attached hydrogens (tertiary/aromatic N) is 1. The van der Waals surface area contributed by atoms with Gasteiger partial charge in [0.1, 0.15) is 5.75 Å². The lowest BCUT2D eigenvalue weighted by Gasteiger charge is -2.37. The molecule has 3 amide bonds. The molecule has 2 bridgehead atoms. The molecule has 1 aromatic rings. The minimum Gasteiger partial charge on any atom is -0.495 e. The number of methoxy groups -OCH3 is 1. The van der Waals surface area contributed by atoms with Crippen molar-refractivity contribution in [1.29, 1.82) is 0 Å². The van der Waals surface area contributed by atoms with E-state index in [2.05, 4.69) is 17.5 Å². The third-order valence-electron chi connectivity index (χ3n) is 6.75. The van der Waals surface area contributed by atoms with E-state index in [0.29, 0.717) is 28.3 Å². The van der Waals surface area contributed by atoms with Gasteiger partial charge < -0.3 is 10.1 Å². The molecule has 6 atom stereocenters. The fraction of sp³-hybridized carbons (Fsp3) is 0.476. The van der Waals surface area contributed by atoms with Crippen LogP contribution in [0.5, 0.6) is 5.75 Å². The summed E-state index contributed by atoms with van der Waals surface area (Å²) in [6, 6.07) is 4.95. The molecule has 1 aromatic carbocycles. The van der Waals surface area contributed by atoms with Gasteiger partial charge in [-0.1, -0.05) is 23.8 Å². The van der Waals surface area contributed by atoms with Crippen LogP contribution >= 0.6 is 11.6 Å². The van der Waals surface area contributed by atoms with Gasteiger partial charge in [-0.2, -0.15) is 0 Å². The SMILES string of the molecule is COc1ccc(Cl)cc1NC(=O)CCN1C(=O)[C@@H]2[C@@H]3C=C[C@@H]([C@@H]4C[C@@H]34)[C@@H]2C1=O. The van der Waals surface area contributed by atoms with Crippen molar-refractivity contribution in [2.24, 2.45) is 35.5 Å². The summed E-state index contributed by atoms with van der Waals surface area (Å²) in [4.78, 5) is 39.6. The number of likely N-dealkylation sites (tertiary alicyclic amines) is 1. The predicted octanol–water partition coefficient (Wildman–Crippen LogP) is 2.73. The summed E-state index contributed by atoms with van der Waals surface area (Å²) in [6.45, 7) is 0.105. The summed E-state index contributed by atoms with van der Waals surface area (Å²) in [5.74, 6) is 1.11. The van der Waals surface area contributed by atoms with Crippen LogP contribution in [-0.4, -0.2) is 36.3 Å². The minimum absolute atomic E-state index is 0.0439. The lowest BCUT2D eigenvalue weighted by Crippen LogP contribution is -2.40. The van der Waals surface area contributed by atoms with Gasteiger partial charge in [-0.15, -0.1) is 0 Å². The van der Waals surface area contributed by atoms with Crippen LogP contribution in [0.25, 0.3) is 0 Å². The molecule has 0 radical (unpaired) electrons. The number of ether oxygens (including phenoxy) is 1. The first-order valence-electron chi connectivity index (χ1n) is 9.66. The van der Waals surface area contributed by atoms with Crippen molar-refractivity contribution in [2.45, 2.75) is 12.8 Å². The molecule has 1 N–H and O–H groups in total. The van der Waals surface area contributed by atoms with Crippen molar-refractivity contribution in [3.63, 3.8) is 0 Å². The Hall–Kier alpha value is -2.34. The highest BCUT2D eigenvalue weighted by atomic mass is 35.5. The van der Waals surface area contributed by atoms with Crippen molar-refractivity contribution in [2.75, 3.05) is 19.0 Å².